The van der Waals surface area contributed by atoms with Gasteiger partial charge in [0.1, 0.15) is 0 Å². The van der Waals surface area contributed by atoms with Gasteiger partial charge in [-0.15, -0.1) is 0 Å². The fourth-order valence-corrected chi connectivity index (χ4v) is 1.28. The number of aromatic hydroxyl groups is 1. The molecule has 0 saturated carbocycles. The number of ether oxygens (including phenoxy) is 3. The van der Waals surface area contributed by atoms with E-state index < -0.39 is 0 Å². The minimum Gasteiger partial charge on any atom is -0.504 e. The highest BCUT2D eigenvalue weighted by atomic mass is 17.2. The van der Waals surface area contributed by atoms with Crippen molar-refractivity contribution in [1.82, 2.24) is 0 Å². The molecule has 1 rings (SSSR count). The molecule has 0 spiro atoms. The van der Waals surface area contributed by atoms with Gasteiger partial charge in [0.05, 0.1) is 28.4 Å². The SMILES string of the molecule is COOc1c(OC)cc(O)c(OC)c1OC. The smallest absolute Gasteiger partial charge is 0.252 e. The van der Waals surface area contributed by atoms with Crippen LogP contribution in [0, 0.1) is 0 Å². The molecule has 1 aromatic carbocycles. The van der Waals surface area contributed by atoms with Crippen molar-refractivity contribution in [2.24, 2.45) is 0 Å². The first-order valence-corrected chi connectivity index (χ1v) is 4.42. The first-order chi connectivity index (χ1) is 7.69. The molecule has 1 aromatic rings. The van der Waals surface area contributed by atoms with Gasteiger partial charge in [-0.05, 0) is 0 Å². The summed E-state index contributed by atoms with van der Waals surface area (Å²) in [5.74, 6) is 0.704. The maximum atomic E-state index is 9.65. The Morgan fingerprint density at radius 2 is 1.50 bits per heavy atom. The van der Waals surface area contributed by atoms with Gasteiger partial charge in [0.15, 0.2) is 11.5 Å². The highest BCUT2D eigenvalue weighted by Gasteiger charge is 2.22. The van der Waals surface area contributed by atoms with Crippen molar-refractivity contribution in [3.63, 3.8) is 0 Å². The van der Waals surface area contributed by atoms with Gasteiger partial charge in [-0.1, -0.05) is 0 Å². The number of methoxy groups -OCH3 is 3. The van der Waals surface area contributed by atoms with E-state index in [1.165, 1.54) is 34.5 Å². The van der Waals surface area contributed by atoms with Crippen molar-refractivity contribution in [1.29, 1.82) is 0 Å². The second-order valence-electron chi connectivity index (χ2n) is 2.74. The van der Waals surface area contributed by atoms with Crippen LogP contribution in [0.5, 0.6) is 28.7 Å². The number of phenols is 1. The third kappa shape index (κ3) is 2.06. The summed E-state index contributed by atoms with van der Waals surface area (Å²) in [6.07, 6.45) is 0. The lowest BCUT2D eigenvalue weighted by molar-refractivity contribution is -0.180. The van der Waals surface area contributed by atoms with Crippen molar-refractivity contribution in [3.8, 4) is 28.7 Å². The molecule has 0 saturated heterocycles. The van der Waals surface area contributed by atoms with Gasteiger partial charge in [-0.3, -0.25) is 0 Å². The molecule has 0 aliphatic heterocycles. The quantitative estimate of drug-likeness (QED) is 0.608. The Balaban J connectivity index is 3.39. The molecule has 0 aliphatic rings. The summed E-state index contributed by atoms with van der Waals surface area (Å²) in [5, 5.41) is 9.65. The molecule has 0 atom stereocenters. The molecule has 0 aliphatic carbocycles. The molecule has 0 unspecified atom stereocenters. The second kappa shape index (κ2) is 5.32. The van der Waals surface area contributed by atoms with Crippen molar-refractivity contribution in [2.75, 3.05) is 28.4 Å². The Bertz CT molecular complexity index is 363. The van der Waals surface area contributed by atoms with Crippen LogP contribution in [0.3, 0.4) is 0 Å². The van der Waals surface area contributed by atoms with E-state index in [9.17, 15) is 5.11 Å². The fourth-order valence-electron chi connectivity index (χ4n) is 1.28. The molecule has 0 amide bonds. The van der Waals surface area contributed by atoms with Gasteiger partial charge in [0.2, 0.25) is 11.5 Å². The minimum atomic E-state index is -0.111. The van der Waals surface area contributed by atoms with Gasteiger partial charge in [-0.2, -0.15) is 4.89 Å². The second-order valence-corrected chi connectivity index (χ2v) is 2.74. The molecule has 0 aromatic heterocycles. The van der Waals surface area contributed by atoms with E-state index in [4.69, 9.17) is 19.1 Å². The normalized spacial score (nSPS) is 9.75. The first-order valence-electron chi connectivity index (χ1n) is 4.42. The molecule has 6 nitrogen and oxygen atoms in total. The van der Waals surface area contributed by atoms with Crippen LogP contribution in [-0.4, -0.2) is 33.5 Å². The average Bonchev–Trinajstić information content (AvgIpc) is 2.30. The maximum Gasteiger partial charge on any atom is 0.252 e. The summed E-state index contributed by atoms with van der Waals surface area (Å²) in [7, 11) is 5.60. The third-order valence-corrected chi connectivity index (χ3v) is 1.93. The first kappa shape index (κ1) is 12.3. The van der Waals surface area contributed by atoms with E-state index in [-0.39, 0.29) is 28.7 Å². The van der Waals surface area contributed by atoms with Crippen LogP contribution in [0.25, 0.3) is 0 Å². The number of rotatable bonds is 5. The molecule has 90 valence electrons. The minimum absolute atomic E-state index is 0.111. The van der Waals surface area contributed by atoms with E-state index >= 15 is 0 Å². The summed E-state index contributed by atoms with van der Waals surface area (Å²) >= 11 is 0. The zero-order chi connectivity index (χ0) is 12.1. The number of benzene rings is 1. The largest absolute Gasteiger partial charge is 0.504 e. The van der Waals surface area contributed by atoms with E-state index in [0.717, 1.165) is 0 Å². The lowest BCUT2D eigenvalue weighted by Crippen LogP contribution is -2.00. The van der Waals surface area contributed by atoms with Crippen LogP contribution in [0.15, 0.2) is 6.07 Å². The van der Waals surface area contributed by atoms with Crippen molar-refractivity contribution >= 4 is 0 Å². The predicted octanol–water partition coefficient (Wildman–Crippen LogP) is 1.36. The lowest BCUT2D eigenvalue weighted by atomic mass is 10.2. The van der Waals surface area contributed by atoms with Crippen molar-refractivity contribution in [3.05, 3.63) is 6.07 Å². The van der Waals surface area contributed by atoms with Gasteiger partial charge < -0.3 is 24.2 Å². The summed E-state index contributed by atoms with van der Waals surface area (Å²) in [6.45, 7) is 0. The zero-order valence-corrected chi connectivity index (χ0v) is 9.57. The summed E-state index contributed by atoms with van der Waals surface area (Å²) in [4.78, 5) is 9.46. The van der Waals surface area contributed by atoms with Crippen LogP contribution < -0.4 is 19.1 Å². The van der Waals surface area contributed by atoms with Crippen molar-refractivity contribution < 1.29 is 29.1 Å². The van der Waals surface area contributed by atoms with Gasteiger partial charge in [0.25, 0.3) is 5.75 Å². The Morgan fingerprint density at radius 3 is 1.94 bits per heavy atom. The molecule has 6 heteroatoms. The third-order valence-electron chi connectivity index (χ3n) is 1.93. The standard InChI is InChI=1S/C10H14O6/c1-12-7-5-6(11)8(13-2)10(14-3)9(7)16-15-4/h5,11H,1-4H3. The average molecular weight is 230 g/mol. The molecule has 0 bridgehead atoms. The Labute approximate surface area is 93.2 Å². The molecular weight excluding hydrogens is 216 g/mol. The van der Waals surface area contributed by atoms with E-state index in [2.05, 4.69) is 4.89 Å². The van der Waals surface area contributed by atoms with Crippen LogP contribution in [-0.2, 0) is 4.89 Å². The van der Waals surface area contributed by atoms with E-state index in [0.29, 0.717) is 0 Å². The van der Waals surface area contributed by atoms with Gasteiger partial charge in [0, 0.05) is 6.07 Å². The number of phenolic OH excluding ortho intramolecular Hbond substituents is 1. The van der Waals surface area contributed by atoms with E-state index in [1.807, 2.05) is 0 Å². The highest BCUT2D eigenvalue weighted by molar-refractivity contribution is 5.64. The maximum absolute atomic E-state index is 9.65. The Kier molecular flexibility index (Phi) is 4.07. The van der Waals surface area contributed by atoms with Crippen LogP contribution in [0.4, 0.5) is 0 Å². The monoisotopic (exact) mass is 230 g/mol. The fraction of sp³-hybridized carbons (Fsp3) is 0.400. The van der Waals surface area contributed by atoms with Crippen LogP contribution in [0.2, 0.25) is 0 Å². The number of hydrogen-bond acceptors (Lipinski definition) is 6. The summed E-state index contributed by atoms with van der Waals surface area (Å²) in [6, 6.07) is 1.34. The summed E-state index contributed by atoms with van der Waals surface area (Å²) < 4.78 is 15.1. The molecule has 0 fully saturated rings. The van der Waals surface area contributed by atoms with E-state index in [1.54, 1.807) is 0 Å². The lowest BCUT2D eigenvalue weighted by Gasteiger charge is -2.15. The van der Waals surface area contributed by atoms with Crippen LogP contribution >= 0.6 is 0 Å². The molecule has 1 N–H and O–H groups in total. The Morgan fingerprint density at radius 1 is 0.875 bits per heavy atom. The van der Waals surface area contributed by atoms with Gasteiger partial charge >= 0.3 is 0 Å². The number of hydrogen-bond donors (Lipinski definition) is 1. The van der Waals surface area contributed by atoms with Crippen molar-refractivity contribution in [2.45, 2.75) is 0 Å². The zero-order valence-electron chi connectivity index (χ0n) is 9.57. The predicted molar refractivity (Wildman–Crippen MR) is 55.4 cm³/mol. The molecular formula is C10H14O6. The van der Waals surface area contributed by atoms with Gasteiger partial charge in [-0.25, -0.2) is 0 Å². The van der Waals surface area contributed by atoms with Crippen LogP contribution in [0.1, 0.15) is 0 Å². The Hall–Kier alpha value is -1.82. The molecule has 16 heavy (non-hydrogen) atoms. The summed E-state index contributed by atoms with van der Waals surface area (Å²) in [5.41, 5.74) is 0. The topological polar surface area (TPSA) is 66.4 Å². The molecule has 0 radical (unpaired) electrons. The molecule has 0 heterocycles. The highest BCUT2D eigenvalue weighted by Crippen LogP contribution is 2.49.